The molecule has 70 valence electrons. The van der Waals surface area contributed by atoms with Gasteiger partial charge < -0.3 is 4.74 Å². The zero-order valence-electron chi connectivity index (χ0n) is 7.88. The van der Waals surface area contributed by atoms with Crippen molar-refractivity contribution in [3.63, 3.8) is 0 Å². The lowest BCUT2D eigenvalue weighted by molar-refractivity contribution is -0.160. The average molecular weight is 171 g/mol. The molecule has 0 saturated carbocycles. The maximum Gasteiger partial charge on any atom is 0.307 e. The van der Waals surface area contributed by atoms with Crippen LogP contribution < -0.4 is 0 Å². The second-order valence-electron chi connectivity index (χ2n) is 3.27. The van der Waals surface area contributed by atoms with Crippen LogP contribution in [0.5, 0.6) is 0 Å². The summed E-state index contributed by atoms with van der Waals surface area (Å²) in [6.45, 7) is 2.87. The fraction of sp³-hybridized carbons (Fsp3) is 0.889. The van der Waals surface area contributed by atoms with Crippen molar-refractivity contribution in [1.82, 2.24) is 4.90 Å². The van der Waals surface area contributed by atoms with Crippen molar-refractivity contribution in [3.05, 3.63) is 0 Å². The summed E-state index contributed by atoms with van der Waals surface area (Å²) in [4.78, 5) is 13.1. The number of ether oxygens (including phenoxy) is 1. The maximum atomic E-state index is 11.0. The van der Waals surface area contributed by atoms with Crippen LogP contribution in [0.3, 0.4) is 0 Å². The molecule has 0 spiro atoms. The first-order valence-electron chi connectivity index (χ1n) is 4.63. The number of hydrogen-bond acceptors (Lipinski definition) is 3. The Kier molecular flexibility index (Phi) is 3.53. The van der Waals surface area contributed by atoms with E-state index in [4.69, 9.17) is 4.74 Å². The topological polar surface area (TPSA) is 29.5 Å². The number of piperidine rings is 1. The highest BCUT2D eigenvalue weighted by molar-refractivity contribution is 5.69. The minimum absolute atomic E-state index is 0.0335. The normalized spacial score (nSPS) is 25.3. The lowest BCUT2D eigenvalue weighted by Crippen LogP contribution is -2.39. The molecule has 1 atom stereocenters. The van der Waals surface area contributed by atoms with Gasteiger partial charge in [-0.3, -0.25) is 9.69 Å². The molecule has 1 rings (SSSR count). The predicted octanol–water partition coefficient (Wildman–Crippen LogP) is 1.38. The summed E-state index contributed by atoms with van der Waals surface area (Å²) in [5.74, 6) is -0.0891. The van der Waals surface area contributed by atoms with Crippen LogP contribution in [0.15, 0.2) is 0 Å². The summed E-state index contributed by atoms with van der Waals surface area (Å²) >= 11 is 0. The Balaban J connectivity index is 2.33. The second kappa shape index (κ2) is 4.45. The smallest absolute Gasteiger partial charge is 0.307 e. The Morgan fingerprint density at radius 2 is 2.33 bits per heavy atom. The van der Waals surface area contributed by atoms with Crippen molar-refractivity contribution in [2.24, 2.45) is 0 Å². The van der Waals surface area contributed by atoms with Crippen LogP contribution in [-0.4, -0.2) is 30.7 Å². The molecule has 1 saturated heterocycles. The molecule has 1 aliphatic heterocycles. The summed E-state index contributed by atoms with van der Waals surface area (Å²) in [5, 5.41) is 0. The van der Waals surface area contributed by atoms with Crippen molar-refractivity contribution in [2.75, 3.05) is 13.6 Å². The fourth-order valence-electron chi connectivity index (χ4n) is 1.43. The number of hydrogen-bond donors (Lipinski definition) is 0. The van der Waals surface area contributed by atoms with E-state index >= 15 is 0 Å². The number of carbonyl (C=O) groups is 1. The lowest BCUT2D eigenvalue weighted by Gasteiger charge is -2.31. The SMILES string of the molecule is CCC(=O)OC1CCCCN1C. The van der Waals surface area contributed by atoms with E-state index < -0.39 is 0 Å². The first kappa shape index (κ1) is 9.52. The van der Waals surface area contributed by atoms with Crippen LogP contribution in [0, 0.1) is 0 Å². The first-order valence-corrected chi connectivity index (χ1v) is 4.63. The largest absolute Gasteiger partial charge is 0.446 e. The quantitative estimate of drug-likeness (QED) is 0.588. The van der Waals surface area contributed by atoms with Crippen molar-refractivity contribution in [3.8, 4) is 0 Å². The molecule has 12 heavy (non-hydrogen) atoms. The lowest BCUT2D eigenvalue weighted by atomic mass is 10.1. The van der Waals surface area contributed by atoms with Crippen LogP contribution in [0.25, 0.3) is 0 Å². The molecule has 0 aromatic heterocycles. The molecule has 1 fully saturated rings. The van der Waals surface area contributed by atoms with Gasteiger partial charge in [0.1, 0.15) is 0 Å². The minimum atomic E-state index is -0.0891. The Labute approximate surface area is 73.7 Å². The molecule has 0 N–H and O–H groups in total. The van der Waals surface area contributed by atoms with E-state index in [-0.39, 0.29) is 12.2 Å². The summed E-state index contributed by atoms with van der Waals surface area (Å²) in [6, 6.07) is 0. The van der Waals surface area contributed by atoms with Gasteiger partial charge in [-0.25, -0.2) is 0 Å². The van der Waals surface area contributed by atoms with Gasteiger partial charge >= 0.3 is 5.97 Å². The standard InChI is InChI=1S/C9H17NO2/c1-3-9(11)12-8-6-4-5-7-10(8)2/h8H,3-7H2,1-2H3. The zero-order valence-corrected chi connectivity index (χ0v) is 7.88. The van der Waals surface area contributed by atoms with Crippen LogP contribution in [0.4, 0.5) is 0 Å². The Hall–Kier alpha value is -0.570. The third-order valence-corrected chi connectivity index (χ3v) is 2.26. The van der Waals surface area contributed by atoms with Gasteiger partial charge in [0.05, 0.1) is 0 Å². The van der Waals surface area contributed by atoms with Crippen molar-refractivity contribution in [1.29, 1.82) is 0 Å². The first-order chi connectivity index (χ1) is 5.74. The molecule has 0 aliphatic carbocycles. The van der Waals surface area contributed by atoms with E-state index in [1.165, 1.54) is 12.8 Å². The van der Waals surface area contributed by atoms with Gasteiger partial charge in [-0.1, -0.05) is 6.92 Å². The molecule has 0 amide bonds. The summed E-state index contributed by atoms with van der Waals surface area (Å²) in [6.07, 6.45) is 3.89. The Bertz CT molecular complexity index is 159. The molecule has 0 radical (unpaired) electrons. The highest BCUT2D eigenvalue weighted by Gasteiger charge is 2.21. The highest BCUT2D eigenvalue weighted by atomic mass is 16.6. The zero-order chi connectivity index (χ0) is 8.97. The predicted molar refractivity (Wildman–Crippen MR) is 46.7 cm³/mol. The van der Waals surface area contributed by atoms with Gasteiger partial charge in [0.25, 0.3) is 0 Å². The van der Waals surface area contributed by atoms with Crippen molar-refractivity contribution < 1.29 is 9.53 Å². The number of nitrogens with zero attached hydrogens (tertiary/aromatic N) is 1. The number of rotatable bonds is 2. The molecular weight excluding hydrogens is 154 g/mol. The van der Waals surface area contributed by atoms with Gasteiger partial charge in [-0.2, -0.15) is 0 Å². The maximum absolute atomic E-state index is 11.0. The van der Waals surface area contributed by atoms with E-state index in [1.54, 1.807) is 0 Å². The van der Waals surface area contributed by atoms with Gasteiger partial charge in [-0.05, 0) is 26.3 Å². The molecule has 1 aliphatic rings. The van der Waals surface area contributed by atoms with E-state index in [0.29, 0.717) is 6.42 Å². The molecule has 3 heteroatoms. The molecule has 0 aromatic carbocycles. The fourth-order valence-corrected chi connectivity index (χ4v) is 1.43. The van der Waals surface area contributed by atoms with Crippen LogP contribution in [0.1, 0.15) is 32.6 Å². The van der Waals surface area contributed by atoms with Gasteiger partial charge in [-0.15, -0.1) is 0 Å². The molecule has 3 nitrogen and oxygen atoms in total. The highest BCUT2D eigenvalue weighted by Crippen LogP contribution is 2.16. The summed E-state index contributed by atoms with van der Waals surface area (Å²) in [7, 11) is 2.01. The molecule has 1 heterocycles. The third kappa shape index (κ3) is 2.48. The average Bonchev–Trinajstić information content (AvgIpc) is 2.09. The van der Waals surface area contributed by atoms with Crippen molar-refractivity contribution in [2.45, 2.75) is 38.8 Å². The Morgan fingerprint density at radius 1 is 1.58 bits per heavy atom. The Morgan fingerprint density at radius 3 is 2.92 bits per heavy atom. The molecule has 0 bridgehead atoms. The minimum Gasteiger partial charge on any atom is -0.446 e. The van der Waals surface area contributed by atoms with Gasteiger partial charge in [0.2, 0.25) is 0 Å². The molecule has 0 aromatic rings. The van der Waals surface area contributed by atoms with Gasteiger partial charge in [0.15, 0.2) is 6.23 Å². The summed E-state index contributed by atoms with van der Waals surface area (Å²) < 4.78 is 5.24. The number of likely N-dealkylation sites (tertiary alicyclic amines) is 1. The number of esters is 1. The van der Waals surface area contributed by atoms with Crippen LogP contribution >= 0.6 is 0 Å². The van der Waals surface area contributed by atoms with E-state index in [2.05, 4.69) is 4.90 Å². The van der Waals surface area contributed by atoms with E-state index in [0.717, 1.165) is 13.0 Å². The molecule has 1 unspecified atom stereocenters. The third-order valence-electron chi connectivity index (χ3n) is 2.26. The second-order valence-corrected chi connectivity index (χ2v) is 3.27. The molecular formula is C9H17NO2. The van der Waals surface area contributed by atoms with E-state index in [1.807, 2.05) is 14.0 Å². The van der Waals surface area contributed by atoms with Gasteiger partial charge in [0, 0.05) is 13.0 Å². The van der Waals surface area contributed by atoms with E-state index in [9.17, 15) is 4.79 Å². The van der Waals surface area contributed by atoms with Crippen LogP contribution in [0.2, 0.25) is 0 Å². The number of carbonyl (C=O) groups excluding carboxylic acids is 1. The van der Waals surface area contributed by atoms with Crippen molar-refractivity contribution >= 4 is 5.97 Å². The monoisotopic (exact) mass is 171 g/mol. The summed E-state index contributed by atoms with van der Waals surface area (Å²) in [5.41, 5.74) is 0. The van der Waals surface area contributed by atoms with Crippen LogP contribution in [-0.2, 0) is 9.53 Å².